The molecule has 0 aromatic heterocycles. The summed E-state index contributed by atoms with van der Waals surface area (Å²) in [7, 11) is 0. The van der Waals surface area contributed by atoms with Crippen LogP contribution in [0, 0.1) is 5.92 Å². The Labute approximate surface area is 160 Å². The lowest BCUT2D eigenvalue weighted by atomic mass is 9.98. The van der Waals surface area contributed by atoms with Crippen LogP contribution in [0.1, 0.15) is 53.0 Å². The first-order valence-corrected chi connectivity index (χ1v) is 9.85. The van der Waals surface area contributed by atoms with Crippen LogP contribution in [0.2, 0.25) is 0 Å². The average molecular weight is 362 g/mol. The van der Waals surface area contributed by atoms with Gasteiger partial charge in [-0.1, -0.05) is 25.1 Å². The van der Waals surface area contributed by atoms with E-state index < -0.39 is 0 Å². The van der Waals surface area contributed by atoms with E-state index in [0.717, 1.165) is 38.0 Å². The van der Waals surface area contributed by atoms with Crippen LogP contribution in [-0.2, 0) is 6.42 Å². The molecule has 4 rings (SSSR count). The first-order chi connectivity index (χ1) is 13.0. The topological polar surface area (TPSA) is 40.6 Å². The summed E-state index contributed by atoms with van der Waals surface area (Å²) in [6.45, 7) is 5.96. The number of fused-ring (bicyclic) bond motifs is 1. The minimum atomic E-state index is -0.00162. The monoisotopic (exact) mass is 362 g/mol. The van der Waals surface area contributed by atoms with E-state index in [2.05, 4.69) is 19.9 Å². The number of nitrogens with zero attached hydrogens (tertiary/aromatic N) is 2. The summed E-state index contributed by atoms with van der Waals surface area (Å²) in [5.41, 5.74) is 3.50. The van der Waals surface area contributed by atoms with Crippen molar-refractivity contribution >= 4 is 17.5 Å². The highest BCUT2D eigenvalue weighted by atomic mass is 16.2. The quantitative estimate of drug-likeness (QED) is 0.805. The Morgan fingerprint density at radius 1 is 0.852 bits per heavy atom. The number of amides is 2. The van der Waals surface area contributed by atoms with Crippen LogP contribution in [0.4, 0.5) is 5.69 Å². The Bertz CT molecular complexity index is 851. The number of hydrogen-bond donors (Lipinski definition) is 0. The Balaban J connectivity index is 1.51. The number of likely N-dealkylation sites (tertiary alicyclic amines) is 1. The summed E-state index contributed by atoms with van der Waals surface area (Å²) in [5.74, 6) is 0.762. The third-order valence-corrected chi connectivity index (χ3v) is 5.88. The van der Waals surface area contributed by atoms with Gasteiger partial charge in [0.05, 0.1) is 0 Å². The van der Waals surface area contributed by atoms with E-state index in [1.54, 1.807) is 24.3 Å². The molecule has 0 spiro atoms. The normalized spacial score (nSPS) is 19.9. The zero-order chi connectivity index (χ0) is 19.0. The minimum absolute atomic E-state index is 0.00162. The number of carbonyl (C=O) groups excluding carboxylic acids is 2. The maximum absolute atomic E-state index is 13.1. The number of rotatable bonds is 2. The van der Waals surface area contributed by atoms with Crippen LogP contribution < -0.4 is 4.90 Å². The summed E-state index contributed by atoms with van der Waals surface area (Å²) in [5, 5.41) is 0. The lowest BCUT2D eigenvalue weighted by molar-refractivity contribution is 0.0697. The average Bonchev–Trinajstić information content (AvgIpc) is 3.03. The molecule has 0 aliphatic carbocycles. The van der Waals surface area contributed by atoms with E-state index in [4.69, 9.17) is 0 Å². The second-order valence-electron chi connectivity index (χ2n) is 7.91. The number of benzene rings is 2. The van der Waals surface area contributed by atoms with Crippen LogP contribution in [0.25, 0.3) is 0 Å². The highest BCUT2D eigenvalue weighted by molar-refractivity contribution is 6.08. The smallest absolute Gasteiger partial charge is 0.258 e. The lowest BCUT2D eigenvalue weighted by Gasteiger charge is -2.30. The van der Waals surface area contributed by atoms with Gasteiger partial charge in [0.1, 0.15) is 0 Å². The molecule has 27 heavy (non-hydrogen) atoms. The number of carbonyl (C=O) groups is 2. The van der Waals surface area contributed by atoms with Crippen molar-refractivity contribution in [2.24, 2.45) is 5.92 Å². The van der Waals surface area contributed by atoms with Crippen LogP contribution in [-0.4, -0.2) is 35.8 Å². The molecule has 0 bridgehead atoms. The second kappa shape index (κ2) is 7.18. The first-order valence-electron chi connectivity index (χ1n) is 9.85. The number of piperidine rings is 1. The van der Waals surface area contributed by atoms with Crippen molar-refractivity contribution in [1.29, 1.82) is 0 Å². The van der Waals surface area contributed by atoms with Crippen molar-refractivity contribution in [2.75, 3.05) is 18.0 Å². The molecule has 2 heterocycles. The molecule has 4 nitrogen and oxygen atoms in total. The van der Waals surface area contributed by atoms with E-state index in [1.807, 2.05) is 28.0 Å². The van der Waals surface area contributed by atoms with E-state index >= 15 is 0 Å². The molecule has 0 radical (unpaired) electrons. The molecule has 0 N–H and O–H groups in total. The van der Waals surface area contributed by atoms with E-state index in [-0.39, 0.29) is 17.9 Å². The number of hydrogen-bond acceptors (Lipinski definition) is 2. The Morgan fingerprint density at radius 3 is 2.11 bits per heavy atom. The van der Waals surface area contributed by atoms with Crippen molar-refractivity contribution in [1.82, 2.24) is 4.90 Å². The van der Waals surface area contributed by atoms with Gasteiger partial charge in [0.15, 0.2) is 0 Å². The van der Waals surface area contributed by atoms with Gasteiger partial charge in [-0.25, -0.2) is 0 Å². The third kappa shape index (κ3) is 3.36. The molecule has 4 heteroatoms. The Kier molecular flexibility index (Phi) is 4.73. The number of para-hydroxylation sites is 1. The van der Waals surface area contributed by atoms with Crippen LogP contribution in [0.3, 0.4) is 0 Å². The van der Waals surface area contributed by atoms with Gasteiger partial charge in [0.2, 0.25) is 0 Å². The molecule has 0 saturated carbocycles. The summed E-state index contributed by atoms with van der Waals surface area (Å²) in [4.78, 5) is 29.6. The van der Waals surface area contributed by atoms with Crippen molar-refractivity contribution in [3.05, 3.63) is 65.2 Å². The largest absolute Gasteiger partial charge is 0.339 e. The molecule has 2 aliphatic rings. The Morgan fingerprint density at radius 2 is 1.44 bits per heavy atom. The van der Waals surface area contributed by atoms with E-state index in [1.165, 1.54) is 5.56 Å². The van der Waals surface area contributed by atoms with Crippen LogP contribution >= 0.6 is 0 Å². The van der Waals surface area contributed by atoms with Crippen molar-refractivity contribution in [3.63, 3.8) is 0 Å². The molecule has 2 amide bonds. The van der Waals surface area contributed by atoms with Gasteiger partial charge < -0.3 is 9.80 Å². The fraction of sp³-hybridized carbons (Fsp3) is 0.391. The number of anilines is 1. The van der Waals surface area contributed by atoms with E-state index in [9.17, 15) is 9.59 Å². The van der Waals surface area contributed by atoms with Crippen molar-refractivity contribution < 1.29 is 9.59 Å². The lowest BCUT2D eigenvalue weighted by Crippen LogP contribution is -2.38. The Hall–Kier alpha value is -2.62. The predicted octanol–water partition coefficient (Wildman–Crippen LogP) is 4.15. The molecular formula is C23H26N2O2. The van der Waals surface area contributed by atoms with E-state index in [0.29, 0.717) is 17.0 Å². The highest BCUT2D eigenvalue weighted by Gasteiger charge is 2.31. The molecular weight excluding hydrogens is 336 g/mol. The maximum Gasteiger partial charge on any atom is 0.258 e. The van der Waals surface area contributed by atoms with Gasteiger partial charge in [-0.15, -0.1) is 0 Å². The van der Waals surface area contributed by atoms with Gasteiger partial charge in [0.25, 0.3) is 11.8 Å². The van der Waals surface area contributed by atoms with Crippen molar-refractivity contribution in [2.45, 2.75) is 39.2 Å². The van der Waals surface area contributed by atoms with Crippen LogP contribution in [0.15, 0.2) is 48.5 Å². The van der Waals surface area contributed by atoms with Gasteiger partial charge in [0, 0.05) is 35.9 Å². The SMILES string of the molecule is CC1CCN(C(=O)c2ccc(C(=O)N3c4ccccc4CC3C)cc2)CC1. The van der Waals surface area contributed by atoms with Crippen LogP contribution in [0.5, 0.6) is 0 Å². The first kappa shape index (κ1) is 17.8. The van der Waals surface area contributed by atoms with Crippen molar-refractivity contribution in [3.8, 4) is 0 Å². The molecule has 1 atom stereocenters. The molecule has 2 aromatic carbocycles. The molecule has 1 saturated heterocycles. The highest BCUT2D eigenvalue weighted by Crippen LogP contribution is 2.33. The molecule has 2 aliphatic heterocycles. The molecule has 1 unspecified atom stereocenters. The fourth-order valence-electron chi connectivity index (χ4n) is 4.16. The van der Waals surface area contributed by atoms with Gasteiger partial charge >= 0.3 is 0 Å². The predicted molar refractivity (Wildman–Crippen MR) is 107 cm³/mol. The molecule has 2 aromatic rings. The summed E-state index contributed by atoms with van der Waals surface area (Å²) in [6, 6.07) is 15.4. The fourth-order valence-corrected chi connectivity index (χ4v) is 4.16. The zero-order valence-electron chi connectivity index (χ0n) is 16.0. The molecule has 1 fully saturated rings. The minimum Gasteiger partial charge on any atom is -0.339 e. The summed E-state index contributed by atoms with van der Waals surface area (Å²) in [6.07, 6.45) is 3.01. The maximum atomic E-state index is 13.1. The second-order valence-corrected chi connectivity index (χ2v) is 7.91. The van der Waals surface area contributed by atoms with Gasteiger partial charge in [-0.05, 0) is 68.0 Å². The standard InChI is InChI=1S/C23H26N2O2/c1-16-11-13-24(14-12-16)22(26)18-7-9-19(10-8-18)23(27)25-17(2)15-20-5-3-4-6-21(20)25/h3-10,16-17H,11-15H2,1-2H3. The molecule has 140 valence electrons. The van der Waals surface area contributed by atoms with Gasteiger partial charge in [-0.3, -0.25) is 9.59 Å². The van der Waals surface area contributed by atoms with Gasteiger partial charge in [-0.2, -0.15) is 0 Å². The third-order valence-electron chi connectivity index (χ3n) is 5.88. The summed E-state index contributed by atoms with van der Waals surface area (Å²) < 4.78 is 0. The zero-order valence-corrected chi connectivity index (χ0v) is 16.0. The summed E-state index contributed by atoms with van der Waals surface area (Å²) >= 11 is 0.